The van der Waals surface area contributed by atoms with Gasteiger partial charge in [-0.3, -0.25) is 0 Å². The molecule has 0 saturated carbocycles. The lowest BCUT2D eigenvalue weighted by Crippen LogP contribution is -2.25. The van der Waals surface area contributed by atoms with Crippen LogP contribution < -0.4 is 14.5 Å². The van der Waals surface area contributed by atoms with Crippen molar-refractivity contribution in [1.82, 2.24) is 0 Å². The number of benzene rings is 2. The van der Waals surface area contributed by atoms with E-state index in [2.05, 4.69) is 42.2 Å². The van der Waals surface area contributed by atoms with Gasteiger partial charge in [-0.2, -0.15) is 0 Å². The fourth-order valence-electron chi connectivity index (χ4n) is 3.19. The van der Waals surface area contributed by atoms with Crippen LogP contribution in [-0.4, -0.2) is 44.1 Å². The van der Waals surface area contributed by atoms with Gasteiger partial charge in [0.15, 0.2) is 6.61 Å². The molecular weight excluding hydrogens is 360 g/mol. The Morgan fingerprint density at radius 2 is 2.04 bits per heavy atom. The second-order valence-electron chi connectivity index (χ2n) is 6.90. The van der Waals surface area contributed by atoms with Crippen molar-refractivity contribution in [1.29, 1.82) is 0 Å². The summed E-state index contributed by atoms with van der Waals surface area (Å²) >= 11 is 1.82. The monoisotopic (exact) mass is 386 g/mol. The largest absolute Gasteiger partial charge is 0.480 e. The van der Waals surface area contributed by atoms with Crippen molar-refractivity contribution in [3.05, 3.63) is 42.5 Å². The summed E-state index contributed by atoms with van der Waals surface area (Å²) in [6.45, 7) is 2.85. The van der Waals surface area contributed by atoms with Gasteiger partial charge < -0.3 is 19.6 Å². The maximum atomic E-state index is 11.0. The van der Waals surface area contributed by atoms with E-state index in [-0.39, 0.29) is 6.61 Å². The molecule has 144 valence electrons. The first-order chi connectivity index (χ1) is 13.0. The van der Waals surface area contributed by atoms with E-state index in [0.717, 1.165) is 35.0 Å². The molecular formula is C21H26N2O3S. The number of rotatable bonds is 6. The Morgan fingerprint density at radius 3 is 2.67 bits per heavy atom. The van der Waals surface area contributed by atoms with Crippen LogP contribution in [0.2, 0.25) is 0 Å². The van der Waals surface area contributed by atoms with Crippen molar-refractivity contribution in [3.63, 3.8) is 0 Å². The predicted molar refractivity (Wildman–Crippen MR) is 112 cm³/mol. The van der Waals surface area contributed by atoms with Gasteiger partial charge in [-0.25, -0.2) is 4.79 Å². The molecule has 1 aliphatic heterocycles. The van der Waals surface area contributed by atoms with E-state index in [1.807, 2.05) is 42.9 Å². The van der Waals surface area contributed by atoms with Crippen molar-refractivity contribution in [2.75, 3.05) is 42.8 Å². The molecule has 0 bridgehead atoms. The molecule has 1 N–H and O–H groups in total. The number of anilines is 3. The maximum absolute atomic E-state index is 11.0. The molecule has 2 aromatic carbocycles. The fourth-order valence-corrected chi connectivity index (χ4v) is 4.45. The number of para-hydroxylation sites is 1. The van der Waals surface area contributed by atoms with E-state index in [1.165, 1.54) is 5.69 Å². The number of aliphatic carboxylic acids is 1. The molecule has 0 aliphatic carbocycles. The van der Waals surface area contributed by atoms with Gasteiger partial charge in [-0.05, 0) is 30.2 Å². The summed E-state index contributed by atoms with van der Waals surface area (Å²) in [5.41, 5.74) is 3.20. The summed E-state index contributed by atoms with van der Waals surface area (Å²) < 4.78 is 5.59. The van der Waals surface area contributed by atoms with Gasteiger partial charge in [0.25, 0.3) is 0 Å². The molecule has 0 radical (unpaired) electrons. The minimum Gasteiger partial charge on any atom is -0.480 e. The minimum absolute atomic E-state index is 0.343. The van der Waals surface area contributed by atoms with Crippen LogP contribution in [0.1, 0.15) is 13.3 Å². The van der Waals surface area contributed by atoms with Crippen LogP contribution in [0.3, 0.4) is 0 Å². The van der Waals surface area contributed by atoms with Crippen molar-refractivity contribution < 1.29 is 14.6 Å². The molecule has 27 heavy (non-hydrogen) atoms. The van der Waals surface area contributed by atoms with Crippen LogP contribution in [-0.2, 0) is 4.79 Å². The Hall–Kier alpha value is -2.34. The average Bonchev–Trinajstić information content (AvgIpc) is 2.85. The quantitative estimate of drug-likeness (QED) is 0.790. The van der Waals surface area contributed by atoms with Crippen LogP contribution >= 0.6 is 11.8 Å². The first kappa shape index (κ1) is 19.4. The highest BCUT2D eigenvalue weighted by Crippen LogP contribution is 2.45. The van der Waals surface area contributed by atoms with E-state index in [0.29, 0.717) is 11.7 Å². The van der Waals surface area contributed by atoms with E-state index in [4.69, 9.17) is 9.84 Å². The number of ether oxygens (including phenoxy) is 1. The molecule has 6 heteroatoms. The molecule has 1 atom stereocenters. The Labute approximate surface area is 164 Å². The average molecular weight is 387 g/mol. The van der Waals surface area contributed by atoms with Crippen molar-refractivity contribution in [3.8, 4) is 5.75 Å². The molecule has 1 aliphatic rings. The summed E-state index contributed by atoms with van der Waals surface area (Å²) in [5.74, 6) is 1.25. The van der Waals surface area contributed by atoms with E-state index < -0.39 is 5.97 Å². The number of thioether (sulfide) groups is 1. The molecule has 0 spiro atoms. The molecule has 3 rings (SSSR count). The van der Waals surface area contributed by atoms with E-state index >= 15 is 0 Å². The van der Waals surface area contributed by atoms with Crippen LogP contribution in [0.15, 0.2) is 47.4 Å². The normalized spacial score (nSPS) is 16.4. The van der Waals surface area contributed by atoms with Gasteiger partial charge >= 0.3 is 5.97 Å². The third kappa shape index (κ3) is 4.50. The van der Waals surface area contributed by atoms with Crippen LogP contribution in [0.5, 0.6) is 5.75 Å². The zero-order valence-corrected chi connectivity index (χ0v) is 16.8. The predicted octanol–water partition coefficient (Wildman–Crippen LogP) is 4.49. The Bertz CT molecular complexity index is 796. The van der Waals surface area contributed by atoms with Gasteiger partial charge in [-0.15, -0.1) is 11.8 Å². The lowest BCUT2D eigenvalue weighted by atomic mass is 10.1. The first-order valence-corrected chi connectivity index (χ1v) is 10.1. The summed E-state index contributed by atoms with van der Waals surface area (Å²) in [6, 6.07) is 14.5. The van der Waals surface area contributed by atoms with Crippen molar-refractivity contribution in [2.24, 2.45) is 5.92 Å². The Morgan fingerprint density at radius 1 is 1.30 bits per heavy atom. The molecule has 1 heterocycles. The van der Waals surface area contributed by atoms with Crippen molar-refractivity contribution in [2.45, 2.75) is 18.2 Å². The minimum atomic E-state index is -0.973. The number of fused-ring (bicyclic) bond motifs is 1. The fraction of sp³-hybridized carbons (Fsp3) is 0.381. The third-order valence-corrected chi connectivity index (χ3v) is 6.00. The topological polar surface area (TPSA) is 53.0 Å². The van der Waals surface area contributed by atoms with Crippen molar-refractivity contribution >= 4 is 34.8 Å². The van der Waals surface area contributed by atoms with E-state index in [1.54, 1.807) is 0 Å². The Kier molecular flexibility index (Phi) is 6.16. The summed E-state index contributed by atoms with van der Waals surface area (Å²) in [5, 5.41) is 8.99. The van der Waals surface area contributed by atoms with Gasteiger partial charge in [0.05, 0.1) is 11.4 Å². The third-order valence-electron chi connectivity index (χ3n) is 4.72. The summed E-state index contributed by atoms with van der Waals surface area (Å²) in [6.07, 6.45) is 1.12. The zero-order valence-electron chi connectivity index (χ0n) is 16.0. The lowest BCUT2D eigenvalue weighted by molar-refractivity contribution is -0.139. The highest BCUT2D eigenvalue weighted by molar-refractivity contribution is 7.99. The standard InChI is InChI=1S/C21H26N2O3S/c1-4-15-12-23(16-8-6-5-7-9-16)18-10-17(22(2)3)19(26-13-21(24)25)11-20(18)27-14-15/h5-11,15H,4,12-14H2,1-3H3,(H,24,25)/t15-/m0/s1. The molecule has 0 aromatic heterocycles. The van der Waals surface area contributed by atoms with E-state index in [9.17, 15) is 4.79 Å². The Balaban J connectivity index is 2.08. The molecule has 5 nitrogen and oxygen atoms in total. The van der Waals surface area contributed by atoms with Gasteiger partial charge in [-0.1, -0.05) is 31.5 Å². The molecule has 0 fully saturated rings. The molecule has 0 unspecified atom stereocenters. The zero-order chi connectivity index (χ0) is 19.4. The molecule has 2 aromatic rings. The number of carbonyl (C=O) groups is 1. The number of nitrogens with zero attached hydrogens (tertiary/aromatic N) is 2. The smallest absolute Gasteiger partial charge is 0.341 e. The number of carboxylic acids is 1. The van der Waals surface area contributed by atoms with Gasteiger partial charge in [0.2, 0.25) is 0 Å². The summed E-state index contributed by atoms with van der Waals surface area (Å²) in [4.78, 5) is 16.4. The van der Waals surface area contributed by atoms with Crippen LogP contribution in [0.25, 0.3) is 0 Å². The lowest BCUT2D eigenvalue weighted by Gasteiger charge is -2.29. The summed E-state index contributed by atoms with van der Waals surface area (Å²) in [7, 11) is 3.89. The number of hydrogen-bond acceptors (Lipinski definition) is 5. The highest BCUT2D eigenvalue weighted by atomic mass is 32.2. The maximum Gasteiger partial charge on any atom is 0.341 e. The number of hydrogen-bond donors (Lipinski definition) is 1. The van der Waals surface area contributed by atoms with Crippen LogP contribution in [0.4, 0.5) is 17.1 Å². The molecule has 0 saturated heterocycles. The molecule has 0 amide bonds. The van der Waals surface area contributed by atoms with Crippen LogP contribution in [0, 0.1) is 5.92 Å². The second kappa shape index (κ2) is 8.57. The van der Waals surface area contributed by atoms with Gasteiger partial charge in [0, 0.05) is 37.0 Å². The second-order valence-corrected chi connectivity index (χ2v) is 7.96. The highest BCUT2D eigenvalue weighted by Gasteiger charge is 2.25. The SMILES string of the molecule is CC[C@@H]1CSc2cc(OCC(=O)O)c(N(C)C)cc2N(c2ccccc2)C1. The van der Waals surface area contributed by atoms with Gasteiger partial charge in [0.1, 0.15) is 5.75 Å². The first-order valence-electron chi connectivity index (χ1n) is 9.15. The number of carboxylic acid groups (broad SMARTS) is 1.